The van der Waals surface area contributed by atoms with Gasteiger partial charge in [-0.15, -0.1) is 0 Å². The first-order valence-electron chi connectivity index (χ1n) is 11.1. The molecule has 1 atom stereocenters. The molecule has 0 fully saturated rings. The molecule has 1 unspecified atom stereocenters. The highest BCUT2D eigenvalue weighted by Crippen LogP contribution is 2.27. The monoisotopic (exact) mass is 472 g/mol. The summed E-state index contributed by atoms with van der Waals surface area (Å²) in [5, 5.41) is 14.8. The molecule has 8 nitrogen and oxygen atoms in total. The summed E-state index contributed by atoms with van der Waals surface area (Å²) in [6.07, 6.45) is 1.17. The van der Waals surface area contributed by atoms with Gasteiger partial charge >= 0.3 is 6.09 Å². The molecule has 0 bridgehead atoms. The number of carbonyl (C=O) groups excluding carboxylic acids is 2. The van der Waals surface area contributed by atoms with Gasteiger partial charge in [0.1, 0.15) is 29.0 Å². The molecule has 0 radical (unpaired) electrons. The minimum absolute atomic E-state index is 0.204. The first-order chi connectivity index (χ1) is 16.6. The fraction of sp³-hybridized carbons (Fsp3) is 0.259. The number of rotatable bonds is 7. The quantitative estimate of drug-likeness (QED) is 0.493. The lowest BCUT2D eigenvalue weighted by atomic mass is 10.0. The third kappa shape index (κ3) is 7.57. The average molecular weight is 473 g/mol. The highest BCUT2D eigenvalue weighted by Gasteiger charge is 2.25. The third-order valence-electron chi connectivity index (χ3n) is 4.85. The Bertz CT molecular complexity index is 1230. The molecule has 1 aromatic heterocycles. The summed E-state index contributed by atoms with van der Waals surface area (Å²) in [5.41, 5.74) is 1.82. The minimum Gasteiger partial charge on any atom is -0.444 e. The highest BCUT2D eigenvalue weighted by molar-refractivity contribution is 5.97. The molecular weight excluding hydrogens is 444 g/mol. The number of nitriles is 1. The smallest absolute Gasteiger partial charge is 0.408 e. The number of amides is 2. The topological polar surface area (TPSA) is 113 Å². The van der Waals surface area contributed by atoms with E-state index in [0.717, 1.165) is 11.1 Å². The molecular formula is C27H28N4O4. The number of hydrogen-bond donors (Lipinski definition) is 2. The summed E-state index contributed by atoms with van der Waals surface area (Å²) in [7, 11) is 0. The zero-order chi connectivity index (χ0) is 25.4. The molecule has 0 saturated carbocycles. The van der Waals surface area contributed by atoms with Crippen LogP contribution in [0.1, 0.15) is 37.5 Å². The molecule has 3 rings (SSSR count). The fourth-order valence-electron chi connectivity index (χ4n) is 3.24. The van der Waals surface area contributed by atoms with Crippen molar-refractivity contribution >= 4 is 17.7 Å². The van der Waals surface area contributed by atoms with Crippen LogP contribution in [0.3, 0.4) is 0 Å². The van der Waals surface area contributed by atoms with E-state index in [1.54, 1.807) is 57.3 Å². The normalized spacial score (nSPS) is 11.6. The van der Waals surface area contributed by atoms with Crippen molar-refractivity contribution in [1.29, 1.82) is 5.26 Å². The molecule has 0 aliphatic heterocycles. The van der Waals surface area contributed by atoms with E-state index in [9.17, 15) is 14.9 Å². The summed E-state index contributed by atoms with van der Waals surface area (Å²) in [4.78, 5) is 29.7. The number of nitrogens with one attached hydrogen (secondary N) is 2. The number of carbonyl (C=O) groups is 2. The van der Waals surface area contributed by atoms with Gasteiger partial charge in [0.2, 0.25) is 11.8 Å². The van der Waals surface area contributed by atoms with Crippen LogP contribution >= 0.6 is 0 Å². The predicted octanol–water partition coefficient (Wildman–Crippen LogP) is 5.13. The molecule has 1 heterocycles. The van der Waals surface area contributed by atoms with Gasteiger partial charge in [0.05, 0.1) is 0 Å². The standard InChI is InChI=1S/C27H28N4O4/c1-18-15-21(34-25-20(17-28)11-8-14-29-25)12-13-22(18)30-24(32)23(16-19-9-6-5-7-10-19)31-26(33)35-27(2,3)4/h5-15,23H,16H2,1-4H3,(H,30,32)(H,31,33). The van der Waals surface area contributed by atoms with Crippen LogP contribution in [-0.4, -0.2) is 28.6 Å². The number of pyridine rings is 1. The molecule has 35 heavy (non-hydrogen) atoms. The number of aryl methyl sites for hydroxylation is 1. The molecule has 0 saturated heterocycles. The van der Waals surface area contributed by atoms with Crippen LogP contribution in [0.2, 0.25) is 0 Å². The van der Waals surface area contributed by atoms with Crippen molar-refractivity contribution in [2.24, 2.45) is 0 Å². The zero-order valence-corrected chi connectivity index (χ0v) is 20.2. The average Bonchev–Trinajstić information content (AvgIpc) is 2.80. The maximum Gasteiger partial charge on any atom is 0.408 e. The molecule has 3 aromatic rings. The van der Waals surface area contributed by atoms with Gasteiger partial charge in [0.15, 0.2) is 0 Å². The van der Waals surface area contributed by atoms with Crippen molar-refractivity contribution in [3.63, 3.8) is 0 Å². The van der Waals surface area contributed by atoms with E-state index in [4.69, 9.17) is 9.47 Å². The number of hydrogen-bond acceptors (Lipinski definition) is 6. The second-order valence-electron chi connectivity index (χ2n) is 8.92. The van der Waals surface area contributed by atoms with Crippen molar-refractivity contribution < 1.29 is 19.1 Å². The highest BCUT2D eigenvalue weighted by atomic mass is 16.6. The first-order valence-corrected chi connectivity index (χ1v) is 11.1. The van der Waals surface area contributed by atoms with E-state index in [-0.39, 0.29) is 11.8 Å². The van der Waals surface area contributed by atoms with Gasteiger partial charge in [-0.3, -0.25) is 4.79 Å². The number of nitrogens with zero attached hydrogens (tertiary/aromatic N) is 2. The largest absolute Gasteiger partial charge is 0.444 e. The Kier molecular flexibility index (Phi) is 8.05. The Balaban J connectivity index is 1.75. The summed E-state index contributed by atoms with van der Waals surface area (Å²) in [6, 6.07) is 19.0. The SMILES string of the molecule is Cc1cc(Oc2ncccc2C#N)ccc1NC(=O)C(Cc1ccccc1)NC(=O)OC(C)(C)C. The van der Waals surface area contributed by atoms with E-state index in [1.165, 1.54) is 0 Å². The van der Waals surface area contributed by atoms with Gasteiger partial charge in [-0.2, -0.15) is 5.26 Å². The lowest BCUT2D eigenvalue weighted by Crippen LogP contribution is -2.47. The molecule has 2 aromatic carbocycles. The van der Waals surface area contributed by atoms with Crippen LogP contribution in [0.15, 0.2) is 66.9 Å². The second-order valence-corrected chi connectivity index (χ2v) is 8.92. The van der Waals surface area contributed by atoms with E-state index in [2.05, 4.69) is 15.6 Å². The summed E-state index contributed by atoms with van der Waals surface area (Å²) >= 11 is 0. The Hall–Kier alpha value is -4.38. The number of anilines is 1. The summed E-state index contributed by atoms with van der Waals surface area (Å²) in [6.45, 7) is 7.10. The molecule has 0 aliphatic rings. The Morgan fingerprint density at radius 3 is 2.49 bits per heavy atom. The number of benzene rings is 2. The van der Waals surface area contributed by atoms with Crippen molar-refractivity contribution in [2.75, 3.05) is 5.32 Å². The van der Waals surface area contributed by atoms with E-state index in [0.29, 0.717) is 23.4 Å². The van der Waals surface area contributed by atoms with E-state index in [1.807, 2.05) is 43.3 Å². The summed E-state index contributed by atoms with van der Waals surface area (Å²) < 4.78 is 11.1. The Labute approximate surface area is 204 Å². The van der Waals surface area contributed by atoms with Crippen molar-refractivity contribution in [3.05, 3.63) is 83.6 Å². The fourth-order valence-corrected chi connectivity index (χ4v) is 3.24. The maximum atomic E-state index is 13.2. The molecule has 8 heteroatoms. The van der Waals surface area contributed by atoms with Crippen LogP contribution in [0.4, 0.5) is 10.5 Å². The molecule has 0 aliphatic carbocycles. The number of alkyl carbamates (subject to hydrolysis) is 1. The zero-order valence-electron chi connectivity index (χ0n) is 20.2. The number of ether oxygens (including phenoxy) is 2. The van der Waals surface area contributed by atoms with Gasteiger partial charge in [0, 0.05) is 18.3 Å². The van der Waals surface area contributed by atoms with E-state index < -0.39 is 17.7 Å². The molecule has 180 valence electrons. The molecule has 2 amide bonds. The lowest BCUT2D eigenvalue weighted by molar-refractivity contribution is -0.118. The van der Waals surface area contributed by atoms with Gasteiger partial charge in [0.25, 0.3) is 0 Å². The van der Waals surface area contributed by atoms with Gasteiger partial charge in [-0.1, -0.05) is 30.3 Å². The van der Waals surface area contributed by atoms with Gasteiger partial charge in [-0.05, 0) is 69.2 Å². The van der Waals surface area contributed by atoms with Crippen LogP contribution < -0.4 is 15.4 Å². The van der Waals surface area contributed by atoms with Crippen molar-refractivity contribution in [3.8, 4) is 17.7 Å². The van der Waals surface area contributed by atoms with Gasteiger partial charge in [-0.25, -0.2) is 9.78 Å². The molecule has 2 N–H and O–H groups in total. The van der Waals surface area contributed by atoms with Gasteiger partial charge < -0.3 is 20.1 Å². The molecule has 0 spiro atoms. The maximum absolute atomic E-state index is 13.2. The van der Waals surface area contributed by atoms with Crippen LogP contribution in [0.25, 0.3) is 0 Å². The van der Waals surface area contributed by atoms with Crippen LogP contribution in [-0.2, 0) is 16.0 Å². The summed E-state index contributed by atoms with van der Waals surface area (Å²) in [5.74, 6) is 0.298. The Morgan fingerprint density at radius 2 is 1.83 bits per heavy atom. The van der Waals surface area contributed by atoms with Crippen LogP contribution in [0, 0.1) is 18.3 Å². The minimum atomic E-state index is -0.853. The second kappa shape index (κ2) is 11.2. The Morgan fingerprint density at radius 1 is 1.09 bits per heavy atom. The predicted molar refractivity (Wildman–Crippen MR) is 132 cm³/mol. The first kappa shape index (κ1) is 25.2. The number of aromatic nitrogens is 1. The van der Waals surface area contributed by atoms with E-state index >= 15 is 0 Å². The van der Waals surface area contributed by atoms with Crippen molar-refractivity contribution in [2.45, 2.75) is 45.8 Å². The van der Waals surface area contributed by atoms with Crippen molar-refractivity contribution in [1.82, 2.24) is 10.3 Å². The third-order valence-corrected chi connectivity index (χ3v) is 4.85. The lowest BCUT2D eigenvalue weighted by Gasteiger charge is -2.23. The van der Waals surface area contributed by atoms with Crippen LogP contribution in [0.5, 0.6) is 11.6 Å².